The number of hydrogen-bond donors (Lipinski definition) is 0. The van der Waals surface area contributed by atoms with Crippen molar-refractivity contribution in [2.24, 2.45) is 0 Å². The van der Waals surface area contributed by atoms with Gasteiger partial charge in [-0.05, 0) is 50.2 Å². The van der Waals surface area contributed by atoms with Crippen LogP contribution in [0.2, 0.25) is 0 Å². The topological polar surface area (TPSA) is 61.8 Å². The Kier molecular flexibility index (Phi) is 5.58. The molecule has 0 unspecified atom stereocenters. The number of methoxy groups -OCH3 is 2. The largest absolute Gasteiger partial charge is 0.496 e. The van der Waals surface area contributed by atoms with E-state index in [9.17, 15) is 9.59 Å². The van der Waals surface area contributed by atoms with Crippen molar-refractivity contribution in [1.29, 1.82) is 0 Å². The van der Waals surface area contributed by atoms with Crippen LogP contribution in [0.25, 0.3) is 0 Å². The van der Waals surface area contributed by atoms with Crippen LogP contribution < -0.4 is 14.2 Å². The van der Waals surface area contributed by atoms with E-state index in [0.717, 1.165) is 5.56 Å². The van der Waals surface area contributed by atoms with Crippen LogP contribution >= 0.6 is 0 Å². The number of ketones is 2. The number of rotatable bonds is 7. The Balaban J connectivity index is 2.26. The quantitative estimate of drug-likeness (QED) is 0.725. The lowest BCUT2D eigenvalue weighted by atomic mass is 10.1. The molecule has 0 amide bonds. The molecule has 0 aliphatic heterocycles. The van der Waals surface area contributed by atoms with Crippen molar-refractivity contribution in [3.63, 3.8) is 0 Å². The molecule has 0 aliphatic rings. The van der Waals surface area contributed by atoms with Gasteiger partial charge in [0.15, 0.2) is 23.1 Å². The van der Waals surface area contributed by atoms with Gasteiger partial charge in [-0.15, -0.1) is 0 Å². The van der Waals surface area contributed by atoms with E-state index in [4.69, 9.17) is 14.2 Å². The summed E-state index contributed by atoms with van der Waals surface area (Å²) in [6.45, 7) is 3.21. The monoisotopic (exact) mass is 328 g/mol. The minimum absolute atomic E-state index is 0.0257. The molecule has 2 rings (SSSR count). The molecule has 0 radical (unpaired) electrons. The lowest BCUT2D eigenvalue weighted by molar-refractivity contribution is 0.100. The molecule has 126 valence electrons. The van der Waals surface area contributed by atoms with Crippen LogP contribution in [0.3, 0.4) is 0 Å². The van der Waals surface area contributed by atoms with Crippen molar-refractivity contribution in [3.05, 3.63) is 53.1 Å². The van der Waals surface area contributed by atoms with E-state index in [-0.39, 0.29) is 18.2 Å². The highest BCUT2D eigenvalue weighted by molar-refractivity contribution is 5.95. The standard InChI is InChI=1S/C19H20O5/c1-12(20)14-5-7-17(22-3)16(9-14)11-24-18-8-6-15(13(2)21)10-19(18)23-4/h5-10H,11H2,1-4H3. The lowest BCUT2D eigenvalue weighted by Crippen LogP contribution is -2.03. The molecule has 2 aromatic carbocycles. The van der Waals surface area contributed by atoms with Gasteiger partial charge in [0.2, 0.25) is 0 Å². The van der Waals surface area contributed by atoms with Crippen LogP contribution in [0.15, 0.2) is 36.4 Å². The molecule has 0 N–H and O–H groups in total. The normalized spacial score (nSPS) is 10.2. The van der Waals surface area contributed by atoms with Crippen LogP contribution in [-0.2, 0) is 6.61 Å². The summed E-state index contributed by atoms with van der Waals surface area (Å²) < 4.78 is 16.4. The first kappa shape index (κ1) is 17.5. The summed E-state index contributed by atoms with van der Waals surface area (Å²) in [6.07, 6.45) is 0. The molecule has 0 atom stereocenters. The van der Waals surface area contributed by atoms with Crippen LogP contribution in [-0.4, -0.2) is 25.8 Å². The van der Waals surface area contributed by atoms with Crippen LogP contribution in [0, 0.1) is 0 Å². The van der Waals surface area contributed by atoms with Gasteiger partial charge in [-0.2, -0.15) is 0 Å². The zero-order chi connectivity index (χ0) is 17.7. The molecule has 0 aliphatic carbocycles. The third kappa shape index (κ3) is 3.93. The molecule has 0 aromatic heterocycles. The summed E-state index contributed by atoms with van der Waals surface area (Å²) in [5, 5.41) is 0. The number of Topliss-reactive ketones (excluding diaryl/α,β-unsaturated/α-hetero) is 2. The van der Waals surface area contributed by atoms with Gasteiger partial charge in [-0.1, -0.05) is 0 Å². The predicted molar refractivity (Wildman–Crippen MR) is 90.3 cm³/mol. The average Bonchev–Trinajstić information content (AvgIpc) is 2.59. The Bertz CT molecular complexity index is 764. The van der Waals surface area contributed by atoms with Gasteiger partial charge in [0.1, 0.15) is 12.4 Å². The maximum absolute atomic E-state index is 11.5. The minimum Gasteiger partial charge on any atom is -0.496 e. The molecule has 0 saturated heterocycles. The van der Waals surface area contributed by atoms with Crippen LogP contribution in [0.5, 0.6) is 17.2 Å². The maximum atomic E-state index is 11.5. The van der Waals surface area contributed by atoms with Gasteiger partial charge in [0.25, 0.3) is 0 Å². The summed E-state index contributed by atoms with van der Waals surface area (Å²) in [5.74, 6) is 1.56. The lowest BCUT2D eigenvalue weighted by Gasteiger charge is -2.14. The Hall–Kier alpha value is -2.82. The van der Waals surface area contributed by atoms with E-state index in [1.807, 2.05) is 0 Å². The summed E-state index contributed by atoms with van der Waals surface area (Å²) in [4.78, 5) is 23.0. The molecule has 5 nitrogen and oxygen atoms in total. The van der Waals surface area contributed by atoms with Crippen molar-refractivity contribution in [1.82, 2.24) is 0 Å². The molecule has 0 heterocycles. The number of carbonyl (C=O) groups excluding carboxylic acids is 2. The first-order valence-electron chi connectivity index (χ1n) is 7.46. The van der Waals surface area contributed by atoms with Gasteiger partial charge in [0, 0.05) is 16.7 Å². The highest BCUT2D eigenvalue weighted by Gasteiger charge is 2.11. The first-order chi connectivity index (χ1) is 11.5. The van der Waals surface area contributed by atoms with E-state index in [1.54, 1.807) is 43.5 Å². The number of ether oxygens (including phenoxy) is 3. The number of carbonyl (C=O) groups is 2. The fraction of sp³-hybridized carbons (Fsp3) is 0.263. The third-order valence-electron chi connectivity index (χ3n) is 3.64. The van der Waals surface area contributed by atoms with Crippen molar-refractivity contribution >= 4 is 11.6 Å². The second-order valence-corrected chi connectivity index (χ2v) is 5.29. The van der Waals surface area contributed by atoms with Crippen LogP contribution in [0.1, 0.15) is 40.1 Å². The predicted octanol–water partition coefficient (Wildman–Crippen LogP) is 3.69. The number of benzene rings is 2. The minimum atomic E-state index is -0.0457. The summed E-state index contributed by atoms with van der Waals surface area (Å²) in [5.41, 5.74) is 1.89. The van der Waals surface area contributed by atoms with Crippen molar-refractivity contribution in [2.75, 3.05) is 14.2 Å². The van der Waals surface area contributed by atoms with Gasteiger partial charge in [-0.25, -0.2) is 0 Å². The maximum Gasteiger partial charge on any atom is 0.161 e. The van der Waals surface area contributed by atoms with E-state index >= 15 is 0 Å². The van der Waals surface area contributed by atoms with Gasteiger partial charge in [0.05, 0.1) is 14.2 Å². The first-order valence-corrected chi connectivity index (χ1v) is 7.46. The molecule has 5 heteroatoms. The molecule has 0 fully saturated rings. The van der Waals surface area contributed by atoms with Crippen molar-refractivity contribution < 1.29 is 23.8 Å². The summed E-state index contributed by atoms with van der Waals surface area (Å²) in [6, 6.07) is 10.2. The van der Waals surface area contributed by atoms with Crippen molar-refractivity contribution in [2.45, 2.75) is 20.5 Å². The second-order valence-electron chi connectivity index (χ2n) is 5.29. The Morgan fingerprint density at radius 2 is 1.33 bits per heavy atom. The van der Waals surface area contributed by atoms with E-state index in [1.165, 1.54) is 21.0 Å². The fourth-order valence-electron chi connectivity index (χ4n) is 2.27. The van der Waals surface area contributed by atoms with E-state index < -0.39 is 0 Å². The Labute approximate surface area is 141 Å². The smallest absolute Gasteiger partial charge is 0.161 e. The zero-order valence-electron chi connectivity index (χ0n) is 14.2. The molecule has 0 spiro atoms. The zero-order valence-corrected chi connectivity index (χ0v) is 14.2. The molecule has 24 heavy (non-hydrogen) atoms. The average molecular weight is 328 g/mol. The van der Waals surface area contributed by atoms with E-state index in [0.29, 0.717) is 28.4 Å². The number of hydrogen-bond acceptors (Lipinski definition) is 5. The van der Waals surface area contributed by atoms with E-state index in [2.05, 4.69) is 0 Å². The third-order valence-corrected chi connectivity index (χ3v) is 3.64. The second kappa shape index (κ2) is 7.64. The van der Waals surface area contributed by atoms with Crippen LogP contribution in [0.4, 0.5) is 0 Å². The highest BCUT2D eigenvalue weighted by Crippen LogP contribution is 2.30. The Morgan fingerprint density at radius 1 is 0.792 bits per heavy atom. The van der Waals surface area contributed by atoms with Gasteiger partial charge in [-0.3, -0.25) is 9.59 Å². The Morgan fingerprint density at radius 3 is 1.88 bits per heavy atom. The summed E-state index contributed by atoms with van der Waals surface area (Å²) >= 11 is 0. The molecule has 0 bridgehead atoms. The molecular formula is C19H20O5. The van der Waals surface area contributed by atoms with Gasteiger partial charge >= 0.3 is 0 Å². The fourth-order valence-corrected chi connectivity index (χ4v) is 2.27. The van der Waals surface area contributed by atoms with Crippen molar-refractivity contribution in [3.8, 4) is 17.2 Å². The summed E-state index contributed by atoms with van der Waals surface area (Å²) in [7, 11) is 3.08. The highest BCUT2D eigenvalue weighted by atomic mass is 16.5. The molecular weight excluding hydrogens is 308 g/mol. The molecule has 0 saturated carbocycles. The SMILES string of the molecule is COc1ccc(C(C)=O)cc1COc1ccc(C(C)=O)cc1OC. The molecule has 2 aromatic rings. The van der Waals surface area contributed by atoms with Gasteiger partial charge < -0.3 is 14.2 Å².